The number of fused-ring (bicyclic) bond motifs is 1. The van der Waals surface area contributed by atoms with Gasteiger partial charge in [0.2, 0.25) is 0 Å². The van der Waals surface area contributed by atoms with E-state index in [1.54, 1.807) is 12.1 Å². The van der Waals surface area contributed by atoms with E-state index in [1.807, 2.05) is 0 Å². The highest BCUT2D eigenvalue weighted by molar-refractivity contribution is 5.83. The van der Waals surface area contributed by atoms with Gasteiger partial charge in [-0.2, -0.15) is 0 Å². The number of halogens is 3. The average molecular weight is 384 g/mol. The van der Waals surface area contributed by atoms with E-state index >= 15 is 0 Å². The Kier molecular flexibility index (Phi) is 9.22. The largest absolute Gasteiger partial charge is 0.490 e. The van der Waals surface area contributed by atoms with Crippen LogP contribution in [0.2, 0.25) is 0 Å². The van der Waals surface area contributed by atoms with Gasteiger partial charge in [-0.3, -0.25) is 8.78 Å². The molecular formula is C21H27F3O3. The van der Waals surface area contributed by atoms with Gasteiger partial charge in [0, 0.05) is 6.42 Å². The molecule has 0 radical (unpaired) electrons. The zero-order valence-electron chi connectivity index (χ0n) is 15.6. The van der Waals surface area contributed by atoms with Crippen molar-refractivity contribution in [2.45, 2.75) is 57.8 Å². The molecule has 27 heavy (non-hydrogen) atoms. The fourth-order valence-electron chi connectivity index (χ4n) is 2.99. The van der Waals surface area contributed by atoms with Crippen LogP contribution in [0.15, 0.2) is 27.4 Å². The Morgan fingerprint density at radius 3 is 2.30 bits per heavy atom. The highest BCUT2D eigenvalue weighted by atomic mass is 19.1. The van der Waals surface area contributed by atoms with Gasteiger partial charge >= 0.3 is 5.63 Å². The summed E-state index contributed by atoms with van der Waals surface area (Å²) in [5.41, 5.74) is -0.737. The Morgan fingerprint density at radius 1 is 0.889 bits per heavy atom. The number of hydrogen-bond donors (Lipinski definition) is 0. The van der Waals surface area contributed by atoms with Crippen molar-refractivity contribution in [3.63, 3.8) is 0 Å². The van der Waals surface area contributed by atoms with Crippen LogP contribution in [-0.4, -0.2) is 20.0 Å². The predicted molar refractivity (Wildman–Crippen MR) is 101 cm³/mol. The van der Waals surface area contributed by atoms with Gasteiger partial charge in [-0.25, -0.2) is 9.18 Å². The summed E-state index contributed by atoms with van der Waals surface area (Å²) in [6.07, 6.45) is 6.62. The second-order valence-corrected chi connectivity index (χ2v) is 6.65. The first-order valence-corrected chi connectivity index (χ1v) is 9.67. The second-order valence-electron chi connectivity index (χ2n) is 6.65. The molecule has 0 bridgehead atoms. The Bertz CT molecular complexity index is 758. The predicted octanol–water partition coefficient (Wildman–Crippen LogP) is 5.91. The maximum atomic E-state index is 14.6. The number of unbranched alkanes of at least 4 members (excludes halogenated alkanes) is 6. The smallest absolute Gasteiger partial charge is 0.346 e. The highest BCUT2D eigenvalue weighted by Crippen LogP contribution is 2.25. The molecule has 0 spiro atoms. The standard InChI is InChI=1S/C21H27F3O3/c22-12-6-3-1-2-4-8-14-26-18-11-10-16-15-17(9-5-7-13-23)27-21(25)19(16)20(18)24/h10-11,15H,1-9,12-14H2. The monoisotopic (exact) mass is 384 g/mol. The molecule has 3 nitrogen and oxygen atoms in total. The van der Waals surface area contributed by atoms with Gasteiger partial charge in [0.1, 0.15) is 11.1 Å². The summed E-state index contributed by atoms with van der Waals surface area (Å²) in [6.45, 7) is -0.319. The zero-order chi connectivity index (χ0) is 19.5. The van der Waals surface area contributed by atoms with Gasteiger partial charge in [-0.15, -0.1) is 0 Å². The Morgan fingerprint density at radius 2 is 1.56 bits per heavy atom. The molecule has 2 aromatic rings. The molecule has 0 aliphatic heterocycles. The molecule has 1 heterocycles. The number of ether oxygens (including phenoxy) is 1. The molecular weight excluding hydrogens is 357 g/mol. The number of benzene rings is 1. The van der Waals surface area contributed by atoms with E-state index < -0.39 is 18.1 Å². The van der Waals surface area contributed by atoms with E-state index in [2.05, 4.69) is 0 Å². The van der Waals surface area contributed by atoms with Crippen molar-refractivity contribution in [2.24, 2.45) is 0 Å². The summed E-state index contributed by atoms with van der Waals surface area (Å²) in [6, 6.07) is 4.78. The minimum atomic E-state index is -0.737. The minimum Gasteiger partial charge on any atom is -0.490 e. The van der Waals surface area contributed by atoms with E-state index in [4.69, 9.17) is 9.15 Å². The van der Waals surface area contributed by atoms with Gasteiger partial charge in [0.25, 0.3) is 0 Å². The van der Waals surface area contributed by atoms with Gasteiger partial charge in [-0.1, -0.05) is 31.7 Å². The van der Waals surface area contributed by atoms with Crippen molar-refractivity contribution in [3.05, 3.63) is 40.2 Å². The molecule has 0 fully saturated rings. The highest BCUT2D eigenvalue weighted by Gasteiger charge is 2.14. The molecule has 0 aliphatic carbocycles. The molecule has 0 aliphatic rings. The maximum Gasteiger partial charge on any atom is 0.346 e. The first kappa shape index (κ1) is 21.3. The Balaban J connectivity index is 1.93. The molecule has 6 heteroatoms. The third-order valence-corrected chi connectivity index (χ3v) is 4.48. The summed E-state index contributed by atoms with van der Waals surface area (Å²) in [7, 11) is 0. The second kappa shape index (κ2) is 11.7. The molecule has 2 rings (SSSR count). The number of aryl methyl sites for hydroxylation is 1. The summed E-state index contributed by atoms with van der Waals surface area (Å²) in [5, 5.41) is 0.340. The van der Waals surface area contributed by atoms with Crippen molar-refractivity contribution >= 4 is 10.8 Å². The summed E-state index contributed by atoms with van der Waals surface area (Å²) in [5.74, 6) is -0.237. The van der Waals surface area contributed by atoms with Crippen LogP contribution in [0.3, 0.4) is 0 Å². The molecule has 150 valence electrons. The van der Waals surface area contributed by atoms with Crippen LogP contribution in [0.5, 0.6) is 5.75 Å². The van der Waals surface area contributed by atoms with Crippen LogP contribution in [0, 0.1) is 5.82 Å². The fraction of sp³-hybridized carbons (Fsp3) is 0.571. The lowest BCUT2D eigenvalue weighted by Gasteiger charge is -2.09. The fourth-order valence-corrected chi connectivity index (χ4v) is 2.99. The molecule has 0 N–H and O–H groups in total. The van der Waals surface area contributed by atoms with Gasteiger partial charge in [0.05, 0.1) is 20.0 Å². The molecule has 0 amide bonds. The van der Waals surface area contributed by atoms with Gasteiger partial charge in [0.15, 0.2) is 11.6 Å². The normalized spacial score (nSPS) is 11.2. The average Bonchev–Trinajstić information content (AvgIpc) is 2.65. The lowest BCUT2D eigenvalue weighted by molar-refractivity contribution is 0.290. The summed E-state index contributed by atoms with van der Waals surface area (Å²) < 4.78 is 49.4. The van der Waals surface area contributed by atoms with Crippen LogP contribution in [0.4, 0.5) is 13.2 Å². The Labute approximate surface area is 157 Å². The van der Waals surface area contributed by atoms with Gasteiger partial charge < -0.3 is 9.15 Å². The maximum absolute atomic E-state index is 14.6. The molecule has 1 aromatic carbocycles. The third-order valence-electron chi connectivity index (χ3n) is 4.48. The van der Waals surface area contributed by atoms with E-state index in [1.165, 1.54) is 6.07 Å². The quantitative estimate of drug-likeness (QED) is 0.403. The molecule has 0 atom stereocenters. The lowest BCUT2D eigenvalue weighted by Crippen LogP contribution is -2.07. The van der Waals surface area contributed by atoms with Crippen molar-refractivity contribution < 1.29 is 22.3 Å². The van der Waals surface area contributed by atoms with Gasteiger partial charge in [-0.05, 0) is 43.2 Å². The number of hydrogen-bond acceptors (Lipinski definition) is 3. The summed E-state index contributed by atoms with van der Waals surface area (Å²) >= 11 is 0. The van der Waals surface area contributed by atoms with Crippen LogP contribution < -0.4 is 10.4 Å². The minimum absolute atomic E-state index is 0.0393. The van der Waals surface area contributed by atoms with E-state index in [0.717, 1.165) is 32.1 Å². The molecule has 0 saturated heterocycles. The first-order valence-electron chi connectivity index (χ1n) is 9.67. The number of rotatable bonds is 13. The molecule has 0 unspecified atom stereocenters. The van der Waals surface area contributed by atoms with Crippen molar-refractivity contribution in [1.82, 2.24) is 0 Å². The third kappa shape index (κ3) is 6.60. The topological polar surface area (TPSA) is 39.4 Å². The Hall–Kier alpha value is -1.98. The zero-order valence-corrected chi connectivity index (χ0v) is 15.6. The van der Waals surface area contributed by atoms with Crippen molar-refractivity contribution in [1.29, 1.82) is 0 Å². The van der Waals surface area contributed by atoms with Crippen molar-refractivity contribution in [2.75, 3.05) is 20.0 Å². The number of alkyl halides is 2. The summed E-state index contributed by atoms with van der Waals surface area (Å²) in [4.78, 5) is 12.1. The van der Waals surface area contributed by atoms with Crippen LogP contribution >= 0.6 is 0 Å². The van der Waals surface area contributed by atoms with Crippen LogP contribution in [0.1, 0.15) is 57.1 Å². The SMILES string of the molecule is O=c1oc(CCCCF)cc2ccc(OCCCCCCCCF)c(F)c12. The van der Waals surface area contributed by atoms with Crippen LogP contribution in [-0.2, 0) is 6.42 Å². The van der Waals surface area contributed by atoms with E-state index in [9.17, 15) is 18.0 Å². The first-order chi connectivity index (χ1) is 13.2. The lowest BCUT2D eigenvalue weighted by atomic mass is 10.1. The van der Waals surface area contributed by atoms with E-state index in [-0.39, 0.29) is 17.8 Å². The molecule has 0 saturated carbocycles. The van der Waals surface area contributed by atoms with Crippen molar-refractivity contribution in [3.8, 4) is 5.75 Å². The van der Waals surface area contributed by atoms with Crippen LogP contribution in [0.25, 0.3) is 10.8 Å². The van der Waals surface area contributed by atoms with E-state index in [0.29, 0.717) is 43.4 Å². The molecule has 1 aromatic heterocycles.